The maximum Gasteiger partial charge on any atom is 0.272 e. The second kappa shape index (κ2) is 8.55. The summed E-state index contributed by atoms with van der Waals surface area (Å²) in [7, 11) is 1.76. The molecule has 0 saturated carbocycles. The van der Waals surface area contributed by atoms with Crippen LogP contribution in [0.25, 0.3) is 11.0 Å². The summed E-state index contributed by atoms with van der Waals surface area (Å²) >= 11 is 0. The van der Waals surface area contributed by atoms with Crippen LogP contribution in [-0.2, 0) is 19.6 Å². The van der Waals surface area contributed by atoms with Gasteiger partial charge in [-0.25, -0.2) is 4.98 Å². The Bertz CT molecular complexity index is 1290. The fourth-order valence-electron chi connectivity index (χ4n) is 3.70. The van der Waals surface area contributed by atoms with Crippen molar-refractivity contribution < 1.29 is 4.79 Å². The van der Waals surface area contributed by atoms with Crippen molar-refractivity contribution in [1.29, 1.82) is 0 Å². The quantitative estimate of drug-likeness (QED) is 0.485. The van der Waals surface area contributed by atoms with Crippen molar-refractivity contribution in [3.05, 3.63) is 93.7 Å². The predicted octanol–water partition coefficient (Wildman–Crippen LogP) is 3.24. The van der Waals surface area contributed by atoms with Gasteiger partial charge in [-0.3, -0.25) is 14.3 Å². The van der Waals surface area contributed by atoms with Gasteiger partial charge in [0.25, 0.3) is 11.5 Å². The number of amides is 1. The highest BCUT2D eigenvalue weighted by atomic mass is 16.2. The van der Waals surface area contributed by atoms with Crippen LogP contribution in [0.1, 0.15) is 34.2 Å². The van der Waals surface area contributed by atoms with Gasteiger partial charge in [-0.2, -0.15) is 5.10 Å². The van der Waals surface area contributed by atoms with E-state index in [1.165, 1.54) is 5.56 Å². The van der Waals surface area contributed by atoms with Crippen molar-refractivity contribution in [3.8, 4) is 0 Å². The summed E-state index contributed by atoms with van der Waals surface area (Å²) in [4.78, 5) is 31.3. The molecule has 4 aromatic rings. The molecule has 2 aromatic carbocycles. The first-order valence-electron chi connectivity index (χ1n) is 10.3. The molecule has 1 amide bonds. The molecule has 0 fully saturated rings. The van der Waals surface area contributed by atoms with Crippen molar-refractivity contribution in [1.82, 2.24) is 24.2 Å². The third-order valence-corrected chi connectivity index (χ3v) is 5.30. The van der Waals surface area contributed by atoms with Gasteiger partial charge in [0, 0.05) is 25.4 Å². The fourth-order valence-corrected chi connectivity index (χ4v) is 3.70. The number of aromatic nitrogens is 4. The second-order valence-corrected chi connectivity index (χ2v) is 7.60. The Kier molecular flexibility index (Phi) is 5.66. The van der Waals surface area contributed by atoms with Crippen molar-refractivity contribution in [2.24, 2.45) is 0 Å². The van der Waals surface area contributed by atoms with Gasteiger partial charge < -0.3 is 9.47 Å². The van der Waals surface area contributed by atoms with Gasteiger partial charge in [0.05, 0.1) is 29.8 Å². The summed E-state index contributed by atoms with van der Waals surface area (Å²) < 4.78 is 3.55. The van der Waals surface area contributed by atoms with Crippen LogP contribution >= 0.6 is 0 Å². The molecule has 158 valence electrons. The maximum absolute atomic E-state index is 13.0. The standard InChI is InChI=1S/C24H25N5O2/c1-4-29-22-11-10-19(14-21(22)25-17(2)23(29)30)24(31)27(3)16-20-12-13-28(26-20)15-18-8-6-5-7-9-18/h5-14H,4,15-16H2,1-3H3. The zero-order valence-electron chi connectivity index (χ0n) is 17.9. The van der Waals surface area contributed by atoms with Crippen LogP contribution in [0.4, 0.5) is 0 Å². The lowest BCUT2D eigenvalue weighted by Crippen LogP contribution is -2.27. The Morgan fingerprint density at radius 3 is 2.61 bits per heavy atom. The number of hydrogen-bond acceptors (Lipinski definition) is 4. The SMILES string of the molecule is CCn1c(=O)c(C)nc2cc(C(=O)N(C)Cc3ccn(Cc4ccccc4)n3)ccc21. The van der Waals surface area contributed by atoms with Gasteiger partial charge in [-0.05, 0) is 43.7 Å². The van der Waals surface area contributed by atoms with Gasteiger partial charge in [0.1, 0.15) is 5.69 Å². The van der Waals surface area contributed by atoms with E-state index in [0.717, 1.165) is 11.2 Å². The average Bonchev–Trinajstić information content (AvgIpc) is 3.21. The summed E-state index contributed by atoms with van der Waals surface area (Å²) in [5, 5.41) is 4.59. The molecule has 2 aromatic heterocycles. The smallest absolute Gasteiger partial charge is 0.272 e. The lowest BCUT2D eigenvalue weighted by atomic mass is 10.1. The van der Waals surface area contributed by atoms with Gasteiger partial charge in [-0.15, -0.1) is 0 Å². The van der Waals surface area contributed by atoms with Crippen LogP contribution in [-0.4, -0.2) is 37.2 Å². The number of benzene rings is 2. The minimum Gasteiger partial charge on any atom is -0.336 e. The number of carbonyl (C=O) groups is 1. The third-order valence-electron chi connectivity index (χ3n) is 5.30. The summed E-state index contributed by atoms with van der Waals surface area (Å²) in [6, 6.07) is 17.3. The second-order valence-electron chi connectivity index (χ2n) is 7.60. The number of hydrogen-bond donors (Lipinski definition) is 0. The molecule has 0 saturated heterocycles. The number of nitrogens with zero attached hydrogens (tertiary/aromatic N) is 5. The van der Waals surface area contributed by atoms with Gasteiger partial charge >= 0.3 is 0 Å². The molecule has 0 bridgehead atoms. The van der Waals surface area contributed by atoms with Crippen LogP contribution in [0.3, 0.4) is 0 Å². The minimum atomic E-state index is -0.117. The molecule has 2 heterocycles. The fraction of sp³-hybridized carbons (Fsp3) is 0.250. The van der Waals surface area contributed by atoms with E-state index in [4.69, 9.17) is 0 Å². The average molecular weight is 415 g/mol. The molecule has 0 radical (unpaired) electrons. The third kappa shape index (κ3) is 4.26. The van der Waals surface area contributed by atoms with Crippen LogP contribution in [0.15, 0.2) is 65.6 Å². The molecule has 0 unspecified atom stereocenters. The Balaban J connectivity index is 1.51. The van der Waals surface area contributed by atoms with Gasteiger partial charge in [0.2, 0.25) is 0 Å². The summed E-state index contributed by atoms with van der Waals surface area (Å²) in [5.41, 5.74) is 4.23. The zero-order chi connectivity index (χ0) is 22.0. The molecule has 7 heteroatoms. The predicted molar refractivity (Wildman–Crippen MR) is 120 cm³/mol. The molecule has 0 atom stereocenters. The summed E-state index contributed by atoms with van der Waals surface area (Å²) in [6.07, 6.45) is 1.92. The van der Waals surface area contributed by atoms with Crippen molar-refractivity contribution in [3.63, 3.8) is 0 Å². The monoisotopic (exact) mass is 415 g/mol. The Morgan fingerprint density at radius 1 is 1.10 bits per heavy atom. The summed E-state index contributed by atoms with van der Waals surface area (Å²) in [5.74, 6) is -0.117. The van der Waals surface area contributed by atoms with Crippen LogP contribution in [0.5, 0.6) is 0 Å². The molecule has 4 rings (SSSR count). The molecular formula is C24H25N5O2. The number of aryl methyl sites for hydroxylation is 2. The van der Waals surface area contributed by atoms with E-state index in [9.17, 15) is 9.59 Å². The first-order valence-corrected chi connectivity index (χ1v) is 10.3. The van der Waals surface area contributed by atoms with E-state index < -0.39 is 0 Å². The highest BCUT2D eigenvalue weighted by Gasteiger charge is 2.16. The Hall–Kier alpha value is -3.74. The molecule has 0 aliphatic rings. The molecule has 31 heavy (non-hydrogen) atoms. The Morgan fingerprint density at radius 2 is 1.87 bits per heavy atom. The summed E-state index contributed by atoms with van der Waals surface area (Å²) in [6.45, 7) is 5.26. The van der Waals surface area contributed by atoms with Crippen LogP contribution in [0.2, 0.25) is 0 Å². The number of fused-ring (bicyclic) bond motifs is 1. The first kappa shape index (κ1) is 20.5. The van der Waals surface area contributed by atoms with Crippen molar-refractivity contribution in [2.75, 3.05) is 7.05 Å². The van der Waals surface area contributed by atoms with Crippen molar-refractivity contribution in [2.45, 2.75) is 33.5 Å². The van der Waals surface area contributed by atoms with Crippen LogP contribution < -0.4 is 5.56 Å². The Labute approximate surface area is 180 Å². The van der Waals surface area contributed by atoms with E-state index >= 15 is 0 Å². The van der Waals surface area contributed by atoms with Crippen LogP contribution in [0, 0.1) is 6.92 Å². The highest BCUT2D eigenvalue weighted by Crippen LogP contribution is 2.16. The molecule has 0 aliphatic heterocycles. The first-order chi connectivity index (χ1) is 15.0. The normalized spacial score (nSPS) is 11.1. The topological polar surface area (TPSA) is 73.0 Å². The molecule has 0 aliphatic carbocycles. The lowest BCUT2D eigenvalue weighted by Gasteiger charge is -2.17. The van der Waals surface area contributed by atoms with E-state index in [0.29, 0.717) is 36.4 Å². The molecule has 7 nitrogen and oxygen atoms in total. The largest absolute Gasteiger partial charge is 0.336 e. The van der Waals surface area contributed by atoms with Gasteiger partial charge in [0.15, 0.2) is 0 Å². The van der Waals surface area contributed by atoms with Gasteiger partial charge in [-0.1, -0.05) is 30.3 Å². The zero-order valence-corrected chi connectivity index (χ0v) is 17.9. The maximum atomic E-state index is 13.0. The molecular weight excluding hydrogens is 390 g/mol. The van der Waals surface area contributed by atoms with E-state index in [2.05, 4.69) is 22.2 Å². The number of rotatable bonds is 6. The molecule has 0 N–H and O–H groups in total. The van der Waals surface area contributed by atoms with Crippen molar-refractivity contribution >= 4 is 16.9 Å². The van der Waals surface area contributed by atoms with E-state index in [1.807, 2.05) is 42.1 Å². The van der Waals surface area contributed by atoms with E-state index in [-0.39, 0.29) is 11.5 Å². The minimum absolute atomic E-state index is 0.0997. The van der Waals surface area contributed by atoms with E-state index in [1.54, 1.807) is 41.6 Å². The lowest BCUT2D eigenvalue weighted by molar-refractivity contribution is 0.0783. The number of carbonyl (C=O) groups excluding carboxylic acids is 1. The molecule has 0 spiro atoms. The highest BCUT2D eigenvalue weighted by molar-refractivity contribution is 5.97.